The lowest BCUT2D eigenvalue weighted by atomic mass is 9.82. The zero-order chi connectivity index (χ0) is 19.1. The molecule has 2 aromatic rings. The largest absolute Gasteiger partial charge is 0.497 e. The van der Waals surface area contributed by atoms with Crippen LogP contribution in [0.5, 0.6) is 5.75 Å². The SMILES string of the molecule is COc1ccc(CNC(=O)NC2CCC(Cc3ccc(C)nc3)CC2)cc1. The summed E-state index contributed by atoms with van der Waals surface area (Å²) in [4.78, 5) is 16.5. The number of hydrogen-bond donors (Lipinski definition) is 2. The third kappa shape index (κ3) is 5.98. The molecular weight excluding hydrogens is 338 g/mol. The summed E-state index contributed by atoms with van der Waals surface area (Å²) in [5, 5.41) is 6.06. The van der Waals surface area contributed by atoms with Crippen LogP contribution in [0, 0.1) is 12.8 Å². The van der Waals surface area contributed by atoms with Crippen molar-refractivity contribution < 1.29 is 9.53 Å². The van der Waals surface area contributed by atoms with E-state index in [-0.39, 0.29) is 12.1 Å². The van der Waals surface area contributed by atoms with E-state index in [0.717, 1.165) is 49.1 Å². The molecule has 0 aliphatic heterocycles. The molecule has 0 spiro atoms. The number of urea groups is 1. The molecule has 0 unspecified atom stereocenters. The molecule has 0 saturated heterocycles. The van der Waals surface area contributed by atoms with Gasteiger partial charge < -0.3 is 15.4 Å². The Labute approximate surface area is 161 Å². The second-order valence-electron chi connectivity index (χ2n) is 7.40. The summed E-state index contributed by atoms with van der Waals surface area (Å²) >= 11 is 0. The normalized spacial score (nSPS) is 19.3. The van der Waals surface area contributed by atoms with Gasteiger partial charge in [-0.05, 0) is 74.3 Å². The molecule has 0 radical (unpaired) electrons. The average Bonchev–Trinajstić information content (AvgIpc) is 2.70. The van der Waals surface area contributed by atoms with Gasteiger partial charge in [0.1, 0.15) is 5.75 Å². The van der Waals surface area contributed by atoms with Crippen LogP contribution in [0.25, 0.3) is 0 Å². The van der Waals surface area contributed by atoms with Gasteiger partial charge in [0.15, 0.2) is 0 Å². The number of rotatable bonds is 6. The fourth-order valence-electron chi connectivity index (χ4n) is 3.63. The first-order chi connectivity index (χ1) is 13.1. The lowest BCUT2D eigenvalue weighted by Gasteiger charge is -2.29. The maximum atomic E-state index is 12.2. The first kappa shape index (κ1) is 19.2. The lowest BCUT2D eigenvalue weighted by Crippen LogP contribution is -2.43. The number of carbonyl (C=O) groups excluding carboxylic acids is 1. The average molecular weight is 367 g/mol. The molecule has 1 saturated carbocycles. The molecule has 3 rings (SSSR count). The Hall–Kier alpha value is -2.56. The third-order valence-electron chi connectivity index (χ3n) is 5.29. The number of carbonyl (C=O) groups is 1. The number of aryl methyl sites for hydroxylation is 1. The number of nitrogens with zero attached hydrogens (tertiary/aromatic N) is 1. The molecule has 1 aromatic carbocycles. The van der Waals surface area contributed by atoms with Gasteiger partial charge >= 0.3 is 6.03 Å². The van der Waals surface area contributed by atoms with Crippen molar-refractivity contribution in [2.45, 2.75) is 51.6 Å². The molecule has 2 N–H and O–H groups in total. The van der Waals surface area contributed by atoms with E-state index in [1.807, 2.05) is 37.4 Å². The van der Waals surface area contributed by atoms with Gasteiger partial charge in [0.2, 0.25) is 0 Å². The molecule has 5 heteroatoms. The van der Waals surface area contributed by atoms with E-state index < -0.39 is 0 Å². The van der Waals surface area contributed by atoms with Crippen LogP contribution in [0.1, 0.15) is 42.5 Å². The Bertz CT molecular complexity index is 720. The number of hydrogen-bond acceptors (Lipinski definition) is 3. The highest BCUT2D eigenvalue weighted by Gasteiger charge is 2.22. The minimum Gasteiger partial charge on any atom is -0.497 e. The molecule has 144 valence electrons. The van der Waals surface area contributed by atoms with Crippen LogP contribution in [-0.4, -0.2) is 24.2 Å². The fourth-order valence-corrected chi connectivity index (χ4v) is 3.63. The van der Waals surface area contributed by atoms with Gasteiger partial charge in [-0.25, -0.2) is 4.79 Å². The van der Waals surface area contributed by atoms with Crippen LogP contribution in [0.2, 0.25) is 0 Å². The van der Waals surface area contributed by atoms with Crippen LogP contribution >= 0.6 is 0 Å². The summed E-state index contributed by atoms with van der Waals surface area (Å²) in [6.07, 6.45) is 7.46. The number of pyridine rings is 1. The second-order valence-corrected chi connectivity index (χ2v) is 7.40. The van der Waals surface area contributed by atoms with Gasteiger partial charge in [0, 0.05) is 24.5 Å². The Morgan fingerprint density at radius 3 is 2.41 bits per heavy atom. The molecule has 0 bridgehead atoms. The Balaban J connectivity index is 1.36. The minimum atomic E-state index is -0.0861. The maximum absolute atomic E-state index is 12.2. The van der Waals surface area contributed by atoms with Crippen molar-refractivity contribution in [1.29, 1.82) is 0 Å². The number of ether oxygens (including phenoxy) is 1. The van der Waals surface area contributed by atoms with Gasteiger partial charge in [-0.3, -0.25) is 4.98 Å². The van der Waals surface area contributed by atoms with Crippen LogP contribution in [0.15, 0.2) is 42.6 Å². The van der Waals surface area contributed by atoms with Gasteiger partial charge in [0.25, 0.3) is 0 Å². The predicted molar refractivity (Wildman–Crippen MR) is 107 cm³/mol. The molecule has 27 heavy (non-hydrogen) atoms. The minimum absolute atomic E-state index is 0.0861. The summed E-state index contributed by atoms with van der Waals surface area (Å²) < 4.78 is 5.14. The Morgan fingerprint density at radius 2 is 1.78 bits per heavy atom. The van der Waals surface area contributed by atoms with Crippen molar-refractivity contribution in [2.75, 3.05) is 7.11 Å². The smallest absolute Gasteiger partial charge is 0.315 e. The lowest BCUT2D eigenvalue weighted by molar-refractivity contribution is 0.226. The van der Waals surface area contributed by atoms with E-state index in [1.165, 1.54) is 5.56 Å². The zero-order valence-electron chi connectivity index (χ0n) is 16.2. The second kappa shape index (κ2) is 9.40. The molecule has 1 aromatic heterocycles. The van der Waals surface area contributed by atoms with E-state index >= 15 is 0 Å². The summed E-state index contributed by atoms with van der Waals surface area (Å²) in [5.74, 6) is 1.51. The van der Waals surface area contributed by atoms with Crippen molar-refractivity contribution in [1.82, 2.24) is 15.6 Å². The van der Waals surface area contributed by atoms with Crippen molar-refractivity contribution in [3.05, 3.63) is 59.4 Å². The number of benzene rings is 1. The highest BCUT2D eigenvalue weighted by atomic mass is 16.5. The summed E-state index contributed by atoms with van der Waals surface area (Å²) in [7, 11) is 1.65. The van der Waals surface area contributed by atoms with Gasteiger partial charge in [0.05, 0.1) is 7.11 Å². The van der Waals surface area contributed by atoms with E-state index in [4.69, 9.17) is 4.74 Å². The first-order valence-corrected chi connectivity index (χ1v) is 9.71. The molecule has 5 nitrogen and oxygen atoms in total. The van der Waals surface area contributed by atoms with Gasteiger partial charge in [-0.15, -0.1) is 0 Å². The predicted octanol–water partition coefficient (Wildman–Crippen LogP) is 4.00. The molecular formula is C22H29N3O2. The van der Waals surface area contributed by atoms with E-state index in [9.17, 15) is 4.79 Å². The van der Waals surface area contributed by atoms with Crippen LogP contribution in [0.3, 0.4) is 0 Å². The van der Waals surface area contributed by atoms with Crippen LogP contribution < -0.4 is 15.4 Å². The zero-order valence-corrected chi connectivity index (χ0v) is 16.2. The fraction of sp³-hybridized carbons (Fsp3) is 0.455. The highest BCUT2D eigenvalue weighted by Crippen LogP contribution is 2.27. The first-order valence-electron chi connectivity index (χ1n) is 9.71. The van der Waals surface area contributed by atoms with Crippen molar-refractivity contribution in [3.63, 3.8) is 0 Å². The quantitative estimate of drug-likeness (QED) is 0.811. The standard InChI is InChI=1S/C22H29N3O2/c1-16-3-4-19(15-23-16)13-17-5-9-20(10-6-17)25-22(26)24-14-18-7-11-21(27-2)12-8-18/h3-4,7-8,11-12,15,17,20H,5-6,9-10,13-14H2,1-2H3,(H2,24,25,26). The Kier molecular flexibility index (Phi) is 6.69. The summed E-state index contributed by atoms with van der Waals surface area (Å²) in [5.41, 5.74) is 3.43. The van der Waals surface area contributed by atoms with Crippen LogP contribution in [0.4, 0.5) is 4.79 Å². The molecule has 1 fully saturated rings. The summed E-state index contributed by atoms with van der Waals surface area (Å²) in [6.45, 7) is 2.53. The number of nitrogens with one attached hydrogen (secondary N) is 2. The molecule has 2 amide bonds. The monoisotopic (exact) mass is 367 g/mol. The van der Waals surface area contributed by atoms with E-state index in [0.29, 0.717) is 12.5 Å². The topological polar surface area (TPSA) is 63.2 Å². The van der Waals surface area contributed by atoms with Crippen molar-refractivity contribution in [3.8, 4) is 5.75 Å². The van der Waals surface area contributed by atoms with E-state index in [1.54, 1.807) is 7.11 Å². The van der Waals surface area contributed by atoms with Crippen molar-refractivity contribution >= 4 is 6.03 Å². The van der Waals surface area contributed by atoms with Gasteiger partial charge in [-0.2, -0.15) is 0 Å². The molecule has 1 aliphatic rings. The number of aromatic nitrogens is 1. The number of amides is 2. The Morgan fingerprint density at radius 1 is 1.07 bits per heavy atom. The molecule has 0 atom stereocenters. The van der Waals surface area contributed by atoms with Crippen LogP contribution in [-0.2, 0) is 13.0 Å². The number of methoxy groups -OCH3 is 1. The summed E-state index contributed by atoms with van der Waals surface area (Å²) in [6, 6.07) is 12.2. The van der Waals surface area contributed by atoms with Gasteiger partial charge in [-0.1, -0.05) is 18.2 Å². The highest BCUT2D eigenvalue weighted by molar-refractivity contribution is 5.74. The molecule has 1 aliphatic carbocycles. The third-order valence-corrected chi connectivity index (χ3v) is 5.29. The van der Waals surface area contributed by atoms with E-state index in [2.05, 4.69) is 27.8 Å². The van der Waals surface area contributed by atoms with Crippen molar-refractivity contribution in [2.24, 2.45) is 5.92 Å². The maximum Gasteiger partial charge on any atom is 0.315 e. The molecule has 1 heterocycles.